The van der Waals surface area contributed by atoms with Crippen molar-refractivity contribution in [3.05, 3.63) is 54.2 Å². The molecule has 0 aliphatic heterocycles. The highest BCUT2D eigenvalue weighted by molar-refractivity contribution is 5.94. The smallest absolute Gasteiger partial charge is 0.326 e. The molecule has 4 amide bonds. The summed E-state index contributed by atoms with van der Waals surface area (Å²) in [5, 5.41) is 18.5. The molecule has 0 radical (unpaired) electrons. The summed E-state index contributed by atoms with van der Waals surface area (Å²) in [5.74, 6) is -3.93. The Kier molecular flexibility index (Phi) is 12.2. The monoisotopic (exact) mass is 597 g/mol. The van der Waals surface area contributed by atoms with Crippen molar-refractivity contribution in [3.8, 4) is 0 Å². The van der Waals surface area contributed by atoms with Crippen LogP contribution in [-0.2, 0) is 36.8 Å². The lowest BCUT2D eigenvalue weighted by Gasteiger charge is -2.25. The second-order valence-corrected chi connectivity index (χ2v) is 10.3. The Hall–Kier alpha value is -4.76. The number of imidazole rings is 1. The molecular formula is C28H39N9O6. The Bertz CT molecular complexity index is 1390. The van der Waals surface area contributed by atoms with Gasteiger partial charge in [0.15, 0.2) is 0 Å². The minimum absolute atomic E-state index is 0.00440. The molecule has 0 bridgehead atoms. The highest BCUT2D eigenvalue weighted by atomic mass is 16.4. The third-order valence-electron chi connectivity index (χ3n) is 6.94. The summed E-state index contributed by atoms with van der Waals surface area (Å²) in [6, 6.07) is 2.74. The number of rotatable bonds is 18. The SMILES string of the molecule is NCCCCC(NC(=O)C(Cc1cnc[nH]1)NC(=O)C(N)CCC(N)=O)C(=O)NC(Cc1c[nH]c2ccccc12)C(=O)O. The Morgan fingerprint density at radius 3 is 2.26 bits per heavy atom. The Morgan fingerprint density at radius 2 is 1.58 bits per heavy atom. The molecule has 2 heterocycles. The van der Waals surface area contributed by atoms with E-state index in [1.165, 1.54) is 12.5 Å². The standard InChI is InChI=1S/C28H39N9O6/c29-10-4-3-7-21(26(40)37-23(28(42)43)11-16-13-33-20-6-2-1-5-18(16)20)35-27(41)22(12-17-14-32-15-34-17)36-25(39)19(30)8-9-24(31)38/h1-2,5-6,13-15,19,21-23,33H,3-4,7-12,29-30H2,(H2,31,38)(H,32,34)(H,35,41)(H,36,39)(H,37,40)(H,42,43). The Morgan fingerprint density at radius 1 is 0.884 bits per heavy atom. The lowest BCUT2D eigenvalue weighted by atomic mass is 10.0. The number of fused-ring (bicyclic) bond motifs is 1. The molecule has 43 heavy (non-hydrogen) atoms. The molecule has 4 atom stereocenters. The molecule has 1 aromatic carbocycles. The number of unbranched alkanes of at least 4 members (excludes halogenated alkanes) is 1. The van der Waals surface area contributed by atoms with Gasteiger partial charge < -0.3 is 48.2 Å². The van der Waals surface area contributed by atoms with Gasteiger partial charge in [0.2, 0.25) is 23.6 Å². The second kappa shape index (κ2) is 16.0. The molecule has 3 aromatic rings. The van der Waals surface area contributed by atoms with Crippen LogP contribution < -0.4 is 33.2 Å². The number of para-hydroxylation sites is 1. The van der Waals surface area contributed by atoms with Crippen molar-refractivity contribution in [1.29, 1.82) is 0 Å². The van der Waals surface area contributed by atoms with Crippen molar-refractivity contribution in [3.63, 3.8) is 0 Å². The first-order valence-electron chi connectivity index (χ1n) is 14.0. The number of carbonyl (C=O) groups excluding carboxylic acids is 4. The van der Waals surface area contributed by atoms with Crippen LogP contribution in [0.4, 0.5) is 0 Å². The van der Waals surface area contributed by atoms with Gasteiger partial charge in [0.1, 0.15) is 18.1 Å². The normalized spacial score (nSPS) is 13.9. The van der Waals surface area contributed by atoms with E-state index in [9.17, 15) is 29.1 Å². The molecule has 15 nitrogen and oxygen atoms in total. The molecule has 2 aromatic heterocycles. The molecule has 15 heteroatoms. The van der Waals surface area contributed by atoms with Crippen LogP contribution in [-0.4, -0.2) is 80.4 Å². The van der Waals surface area contributed by atoms with Crippen molar-refractivity contribution < 1.29 is 29.1 Å². The molecule has 0 spiro atoms. The third-order valence-corrected chi connectivity index (χ3v) is 6.94. The van der Waals surface area contributed by atoms with Crippen molar-refractivity contribution >= 4 is 40.5 Å². The predicted molar refractivity (Wildman–Crippen MR) is 157 cm³/mol. The number of benzene rings is 1. The second-order valence-electron chi connectivity index (χ2n) is 10.3. The summed E-state index contributed by atoms with van der Waals surface area (Å²) in [6.07, 6.45) is 5.69. The van der Waals surface area contributed by atoms with E-state index < -0.39 is 53.8 Å². The van der Waals surface area contributed by atoms with Crippen LogP contribution in [0.2, 0.25) is 0 Å². The van der Waals surface area contributed by atoms with Crippen LogP contribution in [0.1, 0.15) is 43.4 Å². The van der Waals surface area contributed by atoms with Crippen LogP contribution >= 0.6 is 0 Å². The first-order valence-corrected chi connectivity index (χ1v) is 14.0. The zero-order valence-electron chi connectivity index (χ0n) is 23.7. The van der Waals surface area contributed by atoms with Gasteiger partial charge in [0, 0.05) is 48.3 Å². The number of carboxylic acids is 1. The zero-order valence-corrected chi connectivity index (χ0v) is 23.7. The minimum atomic E-state index is -1.27. The number of H-pyrrole nitrogens is 2. The number of primary amides is 1. The minimum Gasteiger partial charge on any atom is -0.480 e. The van der Waals surface area contributed by atoms with E-state index in [-0.39, 0.29) is 32.1 Å². The molecule has 0 aliphatic rings. The fourth-order valence-corrected chi connectivity index (χ4v) is 4.56. The van der Waals surface area contributed by atoms with E-state index >= 15 is 0 Å². The predicted octanol–water partition coefficient (Wildman–Crippen LogP) is -1.06. The van der Waals surface area contributed by atoms with Crippen LogP contribution in [0.5, 0.6) is 0 Å². The number of carboxylic acid groups (broad SMARTS) is 1. The summed E-state index contributed by atoms with van der Waals surface area (Å²) >= 11 is 0. The maximum atomic E-state index is 13.5. The number of carbonyl (C=O) groups is 5. The first-order chi connectivity index (χ1) is 20.6. The molecular weight excluding hydrogens is 558 g/mol. The molecule has 3 rings (SSSR count). The molecule has 0 saturated heterocycles. The number of nitrogens with two attached hydrogens (primary N) is 3. The van der Waals surface area contributed by atoms with E-state index in [0.717, 1.165) is 10.9 Å². The quantitative estimate of drug-likeness (QED) is 0.0807. The molecule has 0 fully saturated rings. The van der Waals surface area contributed by atoms with Gasteiger partial charge in [-0.3, -0.25) is 19.2 Å². The Balaban J connectivity index is 1.75. The fraction of sp³-hybridized carbons (Fsp3) is 0.429. The van der Waals surface area contributed by atoms with Crippen molar-refractivity contribution in [2.24, 2.45) is 17.2 Å². The number of hydrogen-bond acceptors (Lipinski definition) is 8. The summed E-state index contributed by atoms with van der Waals surface area (Å²) in [7, 11) is 0. The van der Waals surface area contributed by atoms with Crippen LogP contribution in [0.15, 0.2) is 43.0 Å². The fourth-order valence-electron chi connectivity index (χ4n) is 4.56. The van der Waals surface area contributed by atoms with E-state index in [1.807, 2.05) is 24.3 Å². The number of hydrogen-bond donors (Lipinski definition) is 9. The molecule has 0 saturated carbocycles. The van der Waals surface area contributed by atoms with Crippen LogP contribution in [0.25, 0.3) is 10.9 Å². The molecule has 0 aliphatic carbocycles. The average molecular weight is 598 g/mol. The molecule has 4 unspecified atom stereocenters. The van der Waals surface area contributed by atoms with Gasteiger partial charge in [-0.2, -0.15) is 0 Å². The number of nitrogens with one attached hydrogen (secondary N) is 5. The highest BCUT2D eigenvalue weighted by Crippen LogP contribution is 2.19. The van der Waals surface area contributed by atoms with E-state index in [0.29, 0.717) is 30.6 Å². The van der Waals surface area contributed by atoms with Gasteiger partial charge in [-0.15, -0.1) is 0 Å². The van der Waals surface area contributed by atoms with E-state index in [4.69, 9.17) is 17.2 Å². The summed E-state index contributed by atoms with van der Waals surface area (Å²) < 4.78 is 0. The number of aliphatic carboxylic acids is 1. The van der Waals surface area contributed by atoms with Crippen LogP contribution in [0.3, 0.4) is 0 Å². The third kappa shape index (κ3) is 9.93. The van der Waals surface area contributed by atoms with Crippen molar-refractivity contribution in [2.45, 2.75) is 69.1 Å². The van der Waals surface area contributed by atoms with Gasteiger partial charge >= 0.3 is 5.97 Å². The number of nitrogens with zero attached hydrogens (tertiary/aromatic N) is 1. The summed E-state index contributed by atoms with van der Waals surface area (Å²) in [4.78, 5) is 72.7. The van der Waals surface area contributed by atoms with Gasteiger partial charge in [-0.05, 0) is 43.9 Å². The van der Waals surface area contributed by atoms with Gasteiger partial charge in [0.05, 0.1) is 12.4 Å². The number of aromatic amines is 2. The maximum Gasteiger partial charge on any atom is 0.326 e. The zero-order chi connectivity index (χ0) is 31.4. The lowest BCUT2D eigenvalue weighted by Crippen LogP contribution is -2.57. The average Bonchev–Trinajstić information content (AvgIpc) is 3.64. The van der Waals surface area contributed by atoms with Crippen molar-refractivity contribution in [1.82, 2.24) is 30.9 Å². The highest BCUT2D eigenvalue weighted by Gasteiger charge is 2.31. The van der Waals surface area contributed by atoms with Gasteiger partial charge in [-0.25, -0.2) is 9.78 Å². The number of amides is 4. The summed E-state index contributed by atoms with van der Waals surface area (Å²) in [5.41, 5.74) is 18.7. The van der Waals surface area contributed by atoms with Gasteiger partial charge in [-0.1, -0.05) is 18.2 Å². The van der Waals surface area contributed by atoms with Crippen molar-refractivity contribution in [2.75, 3.05) is 6.54 Å². The molecule has 232 valence electrons. The topological polar surface area (TPSA) is 264 Å². The van der Waals surface area contributed by atoms with E-state index in [1.54, 1.807) is 6.20 Å². The van der Waals surface area contributed by atoms with Gasteiger partial charge in [0.25, 0.3) is 0 Å². The molecule has 12 N–H and O–H groups in total. The Labute approximate surface area is 247 Å². The first kappa shape index (κ1) is 32.8. The summed E-state index contributed by atoms with van der Waals surface area (Å²) in [6.45, 7) is 0.363. The van der Waals surface area contributed by atoms with E-state index in [2.05, 4.69) is 30.9 Å². The lowest BCUT2D eigenvalue weighted by molar-refractivity contribution is -0.142. The largest absolute Gasteiger partial charge is 0.480 e. The van der Waals surface area contributed by atoms with Crippen LogP contribution in [0, 0.1) is 0 Å². The number of aromatic nitrogens is 3. The maximum absolute atomic E-state index is 13.5.